The second-order valence-electron chi connectivity index (χ2n) is 4.56. The Balaban J connectivity index is 1.99. The van der Waals surface area contributed by atoms with Crippen molar-refractivity contribution in [3.05, 3.63) is 29.4 Å². The summed E-state index contributed by atoms with van der Waals surface area (Å²) >= 11 is 1.62. The summed E-state index contributed by atoms with van der Waals surface area (Å²) in [5.41, 5.74) is 1.25. The molecule has 1 aromatic carbocycles. The normalized spacial score (nSPS) is 21.1. The zero-order valence-corrected chi connectivity index (χ0v) is 10.6. The number of piperazine rings is 1. The van der Waals surface area contributed by atoms with Gasteiger partial charge in [-0.1, -0.05) is 0 Å². The highest BCUT2D eigenvalue weighted by Gasteiger charge is 2.18. The van der Waals surface area contributed by atoms with E-state index in [0.717, 1.165) is 24.3 Å². The molecule has 0 unspecified atom stereocenters. The van der Waals surface area contributed by atoms with Crippen molar-refractivity contribution in [2.45, 2.75) is 13.0 Å². The Morgan fingerprint density at radius 3 is 3.18 bits per heavy atom. The molecule has 1 saturated heterocycles. The Hall–Kier alpha value is -1.13. The van der Waals surface area contributed by atoms with Crippen molar-refractivity contribution in [2.75, 3.05) is 24.5 Å². The van der Waals surface area contributed by atoms with Crippen LogP contribution in [0.4, 0.5) is 10.1 Å². The van der Waals surface area contributed by atoms with Crippen molar-refractivity contribution in [2.24, 2.45) is 0 Å². The van der Waals surface area contributed by atoms with E-state index in [-0.39, 0.29) is 5.82 Å². The third kappa shape index (κ3) is 2.03. The topological polar surface area (TPSA) is 15.3 Å². The van der Waals surface area contributed by atoms with Gasteiger partial charge in [0.15, 0.2) is 0 Å². The minimum absolute atomic E-state index is 0.153. The molecule has 0 bridgehead atoms. The maximum absolute atomic E-state index is 13.1. The first-order valence-corrected chi connectivity index (χ1v) is 6.77. The van der Waals surface area contributed by atoms with Gasteiger partial charge in [-0.25, -0.2) is 4.39 Å². The number of halogens is 1. The van der Waals surface area contributed by atoms with E-state index in [1.807, 2.05) is 6.07 Å². The van der Waals surface area contributed by atoms with E-state index in [2.05, 4.69) is 22.5 Å². The average Bonchev–Trinajstić information content (AvgIpc) is 2.71. The highest BCUT2D eigenvalue weighted by atomic mass is 32.1. The molecule has 1 aliphatic rings. The van der Waals surface area contributed by atoms with E-state index in [1.165, 1.54) is 11.1 Å². The predicted molar refractivity (Wildman–Crippen MR) is 71.5 cm³/mol. The van der Waals surface area contributed by atoms with Crippen LogP contribution in [0.3, 0.4) is 0 Å². The average molecular weight is 250 g/mol. The molecule has 0 spiro atoms. The summed E-state index contributed by atoms with van der Waals surface area (Å²) in [6.07, 6.45) is 0. The van der Waals surface area contributed by atoms with E-state index in [4.69, 9.17) is 0 Å². The van der Waals surface area contributed by atoms with Crippen LogP contribution < -0.4 is 10.2 Å². The molecule has 3 rings (SSSR count). The van der Waals surface area contributed by atoms with Crippen LogP contribution >= 0.6 is 11.3 Å². The highest BCUT2D eigenvalue weighted by molar-refractivity contribution is 7.17. The fourth-order valence-electron chi connectivity index (χ4n) is 2.38. The zero-order chi connectivity index (χ0) is 11.8. The number of hydrogen-bond donors (Lipinski definition) is 1. The van der Waals surface area contributed by atoms with Crippen molar-refractivity contribution < 1.29 is 4.39 Å². The van der Waals surface area contributed by atoms with Crippen molar-refractivity contribution in [3.8, 4) is 0 Å². The molecular weight excluding hydrogens is 235 g/mol. The van der Waals surface area contributed by atoms with E-state index < -0.39 is 0 Å². The summed E-state index contributed by atoms with van der Waals surface area (Å²) in [4.78, 5) is 2.39. The fraction of sp³-hybridized carbons (Fsp3) is 0.385. The first-order chi connectivity index (χ1) is 8.24. The molecule has 1 atom stereocenters. The van der Waals surface area contributed by atoms with Crippen molar-refractivity contribution >= 4 is 27.1 Å². The number of anilines is 1. The van der Waals surface area contributed by atoms with Gasteiger partial charge < -0.3 is 10.2 Å². The summed E-state index contributed by atoms with van der Waals surface area (Å²) in [6, 6.07) is 5.57. The third-order valence-corrected chi connectivity index (χ3v) is 4.16. The molecule has 90 valence electrons. The Morgan fingerprint density at radius 2 is 2.35 bits per heavy atom. The van der Waals surface area contributed by atoms with E-state index in [9.17, 15) is 4.39 Å². The first kappa shape index (κ1) is 11.0. The standard InChI is InChI=1S/C13H15FN2S/c1-9-7-16(5-4-15-9)12-8-17-13-6-10(14)2-3-11(12)13/h2-3,6,8-9,15H,4-5,7H2,1H3/t9-/m1/s1. The minimum Gasteiger partial charge on any atom is -0.368 e. The zero-order valence-electron chi connectivity index (χ0n) is 9.74. The number of benzene rings is 1. The molecule has 4 heteroatoms. The molecule has 0 saturated carbocycles. The van der Waals surface area contributed by atoms with Gasteiger partial charge in [0.2, 0.25) is 0 Å². The summed E-state index contributed by atoms with van der Waals surface area (Å²) in [7, 11) is 0. The SMILES string of the molecule is C[C@@H]1CN(c2csc3cc(F)ccc23)CCN1. The maximum atomic E-state index is 13.1. The van der Waals surface area contributed by atoms with E-state index >= 15 is 0 Å². The number of hydrogen-bond acceptors (Lipinski definition) is 3. The molecule has 17 heavy (non-hydrogen) atoms. The van der Waals surface area contributed by atoms with Crippen LogP contribution in [0.1, 0.15) is 6.92 Å². The Bertz CT molecular complexity index is 537. The number of rotatable bonds is 1. The van der Waals surface area contributed by atoms with Crippen LogP contribution in [0.15, 0.2) is 23.6 Å². The van der Waals surface area contributed by atoms with E-state index in [0.29, 0.717) is 6.04 Å². The lowest BCUT2D eigenvalue weighted by molar-refractivity contribution is 0.486. The first-order valence-electron chi connectivity index (χ1n) is 5.89. The predicted octanol–water partition coefficient (Wildman–Crippen LogP) is 2.84. The fourth-order valence-corrected chi connectivity index (χ4v) is 3.38. The molecule has 1 aromatic heterocycles. The monoisotopic (exact) mass is 250 g/mol. The molecule has 0 radical (unpaired) electrons. The lowest BCUT2D eigenvalue weighted by atomic mass is 10.2. The van der Waals surface area contributed by atoms with Gasteiger partial charge >= 0.3 is 0 Å². The van der Waals surface area contributed by atoms with Crippen molar-refractivity contribution in [1.29, 1.82) is 0 Å². The molecule has 1 N–H and O–H groups in total. The number of thiophene rings is 1. The summed E-state index contributed by atoms with van der Waals surface area (Å²) in [6.45, 7) is 5.25. The Kier molecular flexibility index (Phi) is 2.76. The van der Waals surface area contributed by atoms with E-state index in [1.54, 1.807) is 23.5 Å². The van der Waals surface area contributed by atoms with Gasteiger partial charge in [0, 0.05) is 41.1 Å². The second kappa shape index (κ2) is 4.27. The summed E-state index contributed by atoms with van der Waals surface area (Å²) in [5, 5.41) is 6.75. The largest absolute Gasteiger partial charge is 0.368 e. The van der Waals surface area contributed by atoms with Crippen LogP contribution in [0.2, 0.25) is 0 Å². The van der Waals surface area contributed by atoms with Gasteiger partial charge in [0.1, 0.15) is 5.82 Å². The van der Waals surface area contributed by atoms with Gasteiger partial charge in [-0.15, -0.1) is 11.3 Å². The Morgan fingerprint density at radius 1 is 1.47 bits per heavy atom. The smallest absolute Gasteiger partial charge is 0.124 e. The molecule has 0 amide bonds. The molecule has 0 aliphatic carbocycles. The third-order valence-electron chi connectivity index (χ3n) is 3.23. The quantitative estimate of drug-likeness (QED) is 0.837. The molecule has 2 heterocycles. The van der Waals surface area contributed by atoms with Gasteiger partial charge in [0.25, 0.3) is 0 Å². The van der Waals surface area contributed by atoms with Gasteiger partial charge in [-0.2, -0.15) is 0 Å². The molecule has 1 aliphatic heterocycles. The minimum atomic E-state index is -0.153. The lowest BCUT2D eigenvalue weighted by Gasteiger charge is -2.33. The van der Waals surface area contributed by atoms with Crippen LogP contribution in [0.25, 0.3) is 10.1 Å². The van der Waals surface area contributed by atoms with Gasteiger partial charge in [-0.05, 0) is 25.1 Å². The van der Waals surface area contributed by atoms with Gasteiger partial charge in [-0.3, -0.25) is 0 Å². The number of nitrogens with zero attached hydrogens (tertiary/aromatic N) is 1. The van der Waals surface area contributed by atoms with Gasteiger partial charge in [0.05, 0.1) is 5.69 Å². The van der Waals surface area contributed by atoms with Crippen molar-refractivity contribution in [1.82, 2.24) is 5.32 Å². The van der Waals surface area contributed by atoms with Crippen LogP contribution in [0, 0.1) is 5.82 Å². The highest BCUT2D eigenvalue weighted by Crippen LogP contribution is 2.33. The maximum Gasteiger partial charge on any atom is 0.124 e. The molecule has 2 aromatic rings. The van der Waals surface area contributed by atoms with Crippen LogP contribution in [0.5, 0.6) is 0 Å². The number of fused-ring (bicyclic) bond motifs is 1. The molecule has 2 nitrogen and oxygen atoms in total. The van der Waals surface area contributed by atoms with Crippen molar-refractivity contribution in [3.63, 3.8) is 0 Å². The molecule has 1 fully saturated rings. The second-order valence-corrected chi connectivity index (χ2v) is 5.47. The molecular formula is C13H15FN2S. The van der Waals surface area contributed by atoms with Crippen LogP contribution in [-0.4, -0.2) is 25.7 Å². The Labute approximate surface area is 104 Å². The summed E-state index contributed by atoms with van der Waals surface area (Å²) in [5.74, 6) is -0.153. The summed E-state index contributed by atoms with van der Waals surface area (Å²) < 4.78 is 14.2. The lowest BCUT2D eigenvalue weighted by Crippen LogP contribution is -2.49. The number of nitrogens with one attached hydrogen (secondary N) is 1. The van der Waals surface area contributed by atoms with Crippen LogP contribution in [-0.2, 0) is 0 Å².